The largest absolute Gasteiger partial charge is 0.423 e. The van der Waals surface area contributed by atoms with Crippen LogP contribution < -0.4 is 11.2 Å². The van der Waals surface area contributed by atoms with Crippen molar-refractivity contribution < 1.29 is 9.15 Å². The first-order chi connectivity index (χ1) is 14.1. The number of para-hydroxylation sites is 1. The fourth-order valence-corrected chi connectivity index (χ4v) is 4.25. The van der Waals surface area contributed by atoms with Crippen LogP contribution in [0.4, 0.5) is 0 Å². The zero-order valence-electron chi connectivity index (χ0n) is 16.2. The van der Waals surface area contributed by atoms with E-state index >= 15 is 0 Å². The van der Waals surface area contributed by atoms with Crippen molar-refractivity contribution in [2.24, 2.45) is 0 Å². The maximum atomic E-state index is 13.0. The molecule has 7 heteroatoms. The van der Waals surface area contributed by atoms with Crippen LogP contribution in [0.1, 0.15) is 11.1 Å². The maximum absolute atomic E-state index is 13.0. The van der Waals surface area contributed by atoms with Gasteiger partial charge < -0.3 is 9.15 Å². The average molecular weight is 408 g/mol. The first-order valence-corrected chi connectivity index (χ1v) is 10.2. The van der Waals surface area contributed by atoms with Gasteiger partial charge in [0.25, 0.3) is 5.56 Å². The van der Waals surface area contributed by atoms with Crippen molar-refractivity contribution in [3.63, 3.8) is 0 Å². The predicted octanol–water partition coefficient (Wildman–Crippen LogP) is 3.75. The van der Waals surface area contributed by atoms with Gasteiger partial charge in [-0.2, -0.15) is 0 Å². The van der Waals surface area contributed by atoms with E-state index in [0.717, 1.165) is 16.5 Å². The number of fused-ring (bicyclic) bond motifs is 2. The second-order valence-electron chi connectivity index (χ2n) is 6.74. The smallest absolute Gasteiger partial charge is 0.336 e. The zero-order valence-corrected chi connectivity index (χ0v) is 17.0. The Hall–Kier alpha value is -2.90. The Labute approximate surface area is 171 Å². The Morgan fingerprint density at radius 3 is 2.76 bits per heavy atom. The predicted molar refractivity (Wildman–Crippen MR) is 115 cm³/mol. The Morgan fingerprint density at radius 1 is 1.10 bits per heavy atom. The molecule has 0 amide bonds. The number of thioether (sulfide) groups is 1. The van der Waals surface area contributed by atoms with Crippen molar-refractivity contribution in [1.82, 2.24) is 9.55 Å². The minimum atomic E-state index is -0.387. The molecule has 6 nitrogen and oxygen atoms in total. The summed E-state index contributed by atoms with van der Waals surface area (Å²) in [6.45, 7) is 2.77. The van der Waals surface area contributed by atoms with Gasteiger partial charge in [-0.3, -0.25) is 9.36 Å². The van der Waals surface area contributed by atoms with Gasteiger partial charge in [0.15, 0.2) is 5.16 Å². The molecule has 29 heavy (non-hydrogen) atoms. The zero-order chi connectivity index (χ0) is 20.4. The number of benzene rings is 2. The molecule has 0 saturated heterocycles. The van der Waals surface area contributed by atoms with Crippen molar-refractivity contribution >= 4 is 33.6 Å². The highest BCUT2D eigenvalue weighted by molar-refractivity contribution is 7.98. The van der Waals surface area contributed by atoms with Gasteiger partial charge in [-0.05, 0) is 36.2 Å². The van der Waals surface area contributed by atoms with Crippen molar-refractivity contribution in [3.05, 3.63) is 80.4 Å². The summed E-state index contributed by atoms with van der Waals surface area (Å²) in [4.78, 5) is 29.6. The lowest BCUT2D eigenvalue weighted by atomic mass is 10.1. The van der Waals surface area contributed by atoms with Crippen LogP contribution in [0, 0.1) is 6.92 Å². The van der Waals surface area contributed by atoms with E-state index in [4.69, 9.17) is 9.15 Å². The number of aromatic nitrogens is 2. The summed E-state index contributed by atoms with van der Waals surface area (Å²) >= 11 is 1.42. The molecule has 0 atom stereocenters. The molecular formula is C22H20N2O4S. The van der Waals surface area contributed by atoms with Gasteiger partial charge in [0.05, 0.1) is 24.1 Å². The first kappa shape index (κ1) is 19.4. The fourth-order valence-electron chi connectivity index (χ4n) is 3.24. The SMILES string of the molecule is COCCn1c(SCc2cc(=O)oc3cc(C)ccc23)nc2ccccc2c1=O. The minimum absolute atomic E-state index is 0.0943. The highest BCUT2D eigenvalue weighted by Crippen LogP contribution is 2.26. The summed E-state index contributed by atoms with van der Waals surface area (Å²) in [5.74, 6) is 0.489. The summed E-state index contributed by atoms with van der Waals surface area (Å²) < 4.78 is 12.1. The number of hydrogen-bond acceptors (Lipinski definition) is 6. The number of rotatable bonds is 6. The normalized spacial score (nSPS) is 11.4. The van der Waals surface area contributed by atoms with E-state index in [1.165, 1.54) is 17.8 Å². The van der Waals surface area contributed by atoms with Gasteiger partial charge >= 0.3 is 5.63 Å². The molecule has 0 fully saturated rings. The van der Waals surface area contributed by atoms with Gasteiger partial charge in [0, 0.05) is 24.3 Å². The second-order valence-corrected chi connectivity index (χ2v) is 7.68. The monoisotopic (exact) mass is 408 g/mol. The quantitative estimate of drug-likeness (QED) is 0.275. The molecule has 0 unspecified atom stereocenters. The van der Waals surface area contributed by atoms with Crippen LogP contribution >= 0.6 is 11.8 Å². The van der Waals surface area contributed by atoms with Gasteiger partial charge in [-0.25, -0.2) is 9.78 Å². The summed E-state index contributed by atoms with van der Waals surface area (Å²) in [6.07, 6.45) is 0. The van der Waals surface area contributed by atoms with Crippen LogP contribution in [-0.2, 0) is 17.0 Å². The number of nitrogens with zero attached hydrogens (tertiary/aromatic N) is 2. The van der Waals surface area contributed by atoms with Crippen LogP contribution in [0.3, 0.4) is 0 Å². The molecule has 4 rings (SSSR count). The Balaban J connectivity index is 1.76. The molecule has 0 N–H and O–H groups in total. The van der Waals surface area contributed by atoms with E-state index < -0.39 is 0 Å². The number of hydrogen-bond donors (Lipinski definition) is 0. The Bertz CT molecular complexity index is 1310. The van der Waals surface area contributed by atoms with Crippen molar-refractivity contribution in [2.45, 2.75) is 24.4 Å². The minimum Gasteiger partial charge on any atom is -0.423 e. The van der Waals surface area contributed by atoms with E-state index in [9.17, 15) is 9.59 Å². The van der Waals surface area contributed by atoms with Crippen LogP contribution in [0.25, 0.3) is 21.9 Å². The summed E-state index contributed by atoms with van der Waals surface area (Å²) in [5, 5.41) is 2.06. The third-order valence-corrected chi connectivity index (χ3v) is 5.71. The lowest BCUT2D eigenvalue weighted by Gasteiger charge is -2.13. The van der Waals surface area contributed by atoms with Crippen LogP contribution in [0.5, 0.6) is 0 Å². The molecule has 2 heterocycles. The van der Waals surface area contributed by atoms with Gasteiger partial charge in [-0.1, -0.05) is 36.0 Å². The van der Waals surface area contributed by atoms with Gasteiger partial charge in [0.1, 0.15) is 5.58 Å². The molecule has 0 bridgehead atoms. The van der Waals surface area contributed by atoms with Gasteiger partial charge in [0.2, 0.25) is 0 Å². The molecule has 0 saturated carbocycles. The standard InChI is InChI=1S/C22H20N2O4S/c1-14-7-8-16-15(12-20(25)28-19(16)11-14)13-29-22-23-18-6-4-3-5-17(18)21(26)24(22)9-10-27-2/h3-8,11-12H,9-10,13H2,1-2H3. The van der Waals surface area contributed by atoms with E-state index in [2.05, 4.69) is 4.98 Å². The summed E-state index contributed by atoms with van der Waals surface area (Å²) in [6, 6.07) is 14.6. The van der Waals surface area contributed by atoms with Crippen LogP contribution in [0.15, 0.2) is 67.7 Å². The lowest BCUT2D eigenvalue weighted by molar-refractivity contribution is 0.183. The third-order valence-electron chi connectivity index (χ3n) is 4.69. The van der Waals surface area contributed by atoms with Crippen molar-refractivity contribution in [2.75, 3.05) is 13.7 Å². The van der Waals surface area contributed by atoms with E-state index in [1.54, 1.807) is 17.7 Å². The molecule has 0 spiro atoms. The molecule has 0 aliphatic rings. The summed E-state index contributed by atoms with van der Waals surface area (Å²) in [7, 11) is 1.60. The summed E-state index contributed by atoms with van der Waals surface area (Å²) in [5.41, 5.74) is 2.61. The molecule has 2 aromatic heterocycles. The van der Waals surface area contributed by atoms with Gasteiger partial charge in [-0.15, -0.1) is 0 Å². The van der Waals surface area contributed by atoms with E-state index in [-0.39, 0.29) is 11.2 Å². The van der Waals surface area contributed by atoms with E-state index in [1.807, 2.05) is 43.3 Å². The molecule has 0 radical (unpaired) electrons. The average Bonchev–Trinajstić information content (AvgIpc) is 2.71. The van der Waals surface area contributed by atoms with Crippen LogP contribution in [0.2, 0.25) is 0 Å². The molecular weight excluding hydrogens is 388 g/mol. The second kappa shape index (κ2) is 8.23. The molecule has 4 aromatic rings. The number of methoxy groups -OCH3 is 1. The number of aryl methyl sites for hydroxylation is 1. The molecule has 0 aliphatic carbocycles. The lowest BCUT2D eigenvalue weighted by Crippen LogP contribution is -2.25. The molecule has 148 valence electrons. The highest BCUT2D eigenvalue weighted by atomic mass is 32.2. The van der Waals surface area contributed by atoms with Crippen molar-refractivity contribution in [1.29, 1.82) is 0 Å². The Kier molecular flexibility index (Phi) is 5.51. The number of ether oxygens (including phenoxy) is 1. The maximum Gasteiger partial charge on any atom is 0.336 e. The van der Waals surface area contributed by atoms with Crippen LogP contribution in [-0.4, -0.2) is 23.3 Å². The van der Waals surface area contributed by atoms with Crippen molar-refractivity contribution in [3.8, 4) is 0 Å². The fraction of sp³-hybridized carbons (Fsp3) is 0.227. The molecule has 0 aliphatic heterocycles. The topological polar surface area (TPSA) is 74.3 Å². The first-order valence-electron chi connectivity index (χ1n) is 9.21. The Morgan fingerprint density at radius 2 is 1.93 bits per heavy atom. The highest BCUT2D eigenvalue weighted by Gasteiger charge is 2.13. The van der Waals surface area contributed by atoms with E-state index in [0.29, 0.717) is 40.5 Å². The molecule has 2 aromatic carbocycles. The third kappa shape index (κ3) is 3.97.